The van der Waals surface area contributed by atoms with E-state index >= 15 is 0 Å². The molecule has 1 aliphatic carbocycles. The van der Waals surface area contributed by atoms with Crippen LogP contribution in [0.3, 0.4) is 0 Å². The van der Waals surface area contributed by atoms with Crippen LogP contribution < -0.4 is 10.1 Å². The Morgan fingerprint density at radius 1 is 1.67 bits per heavy atom. The summed E-state index contributed by atoms with van der Waals surface area (Å²) in [5.74, 6) is 0.397. The normalized spacial score (nSPS) is 14.8. The number of carbonyl (C=O) groups excluding carboxylic acids is 1. The van der Waals surface area contributed by atoms with Crippen molar-refractivity contribution in [3.8, 4) is 5.75 Å². The average Bonchev–Trinajstić information content (AvgIpc) is 3.03. The highest BCUT2D eigenvalue weighted by Crippen LogP contribution is 2.29. The minimum absolute atomic E-state index is 0.159. The molecule has 0 aliphatic heterocycles. The number of hydrogen-bond acceptors (Lipinski definition) is 3. The van der Waals surface area contributed by atoms with E-state index in [1.165, 1.54) is 0 Å². The molecule has 1 N–H and O–H groups in total. The Hall–Kier alpha value is -1.10. The zero-order valence-corrected chi connectivity index (χ0v) is 9.87. The van der Waals surface area contributed by atoms with Crippen molar-refractivity contribution >= 4 is 21.8 Å². The van der Waals surface area contributed by atoms with Gasteiger partial charge in [0.2, 0.25) is 0 Å². The van der Waals surface area contributed by atoms with Gasteiger partial charge in [-0.2, -0.15) is 0 Å². The standard InChI is InChI=1S/C10H11BrN2O2/c1-12-10(14)7-4-9(11)13-5-8(7)15-6-2-3-6/h4-6H,2-3H2,1H3,(H,12,14). The summed E-state index contributed by atoms with van der Waals surface area (Å²) >= 11 is 3.23. The van der Waals surface area contributed by atoms with Crippen LogP contribution in [0, 0.1) is 0 Å². The predicted octanol–water partition coefficient (Wildman–Crippen LogP) is 1.74. The molecule has 5 heteroatoms. The molecule has 1 aromatic rings. The van der Waals surface area contributed by atoms with Crippen molar-refractivity contribution in [2.24, 2.45) is 0 Å². The fraction of sp³-hybridized carbons (Fsp3) is 0.400. The molecular formula is C10H11BrN2O2. The van der Waals surface area contributed by atoms with Gasteiger partial charge in [-0.1, -0.05) is 0 Å². The quantitative estimate of drug-likeness (QED) is 0.852. The molecule has 0 atom stereocenters. The molecule has 0 radical (unpaired) electrons. The second-order valence-corrected chi connectivity index (χ2v) is 4.21. The van der Waals surface area contributed by atoms with Gasteiger partial charge < -0.3 is 10.1 Å². The third-order valence-corrected chi connectivity index (χ3v) is 2.56. The van der Waals surface area contributed by atoms with E-state index in [9.17, 15) is 4.79 Å². The zero-order chi connectivity index (χ0) is 10.8. The van der Waals surface area contributed by atoms with Gasteiger partial charge in [-0.05, 0) is 34.8 Å². The third-order valence-electron chi connectivity index (χ3n) is 2.12. The molecule has 80 valence electrons. The number of rotatable bonds is 3. The van der Waals surface area contributed by atoms with Crippen molar-refractivity contribution < 1.29 is 9.53 Å². The molecule has 0 saturated heterocycles. The SMILES string of the molecule is CNC(=O)c1cc(Br)ncc1OC1CC1. The summed E-state index contributed by atoms with van der Waals surface area (Å²) < 4.78 is 6.22. The molecule has 0 aromatic carbocycles. The van der Waals surface area contributed by atoms with E-state index in [0.717, 1.165) is 12.8 Å². The van der Waals surface area contributed by atoms with Crippen LogP contribution in [0.1, 0.15) is 23.2 Å². The van der Waals surface area contributed by atoms with Crippen molar-refractivity contribution in [1.29, 1.82) is 0 Å². The van der Waals surface area contributed by atoms with Crippen LogP contribution in [-0.2, 0) is 0 Å². The van der Waals surface area contributed by atoms with Crippen molar-refractivity contribution in [3.05, 3.63) is 22.4 Å². The average molecular weight is 271 g/mol. The fourth-order valence-electron chi connectivity index (χ4n) is 1.19. The Kier molecular flexibility index (Phi) is 2.90. The second kappa shape index (κ2) is 4.18. The third kappa shape index (κ3) is 2.47. The Morgan fingerprint density at radius 3 is 3.00 bits per heavy atom. The van der Waals surface area contributed by atoms with Crippen molar-refractivity contribution in [3.63, 3.8) is 0 Å². The maximum Gasteiger partial charge on any atom is 0.254 e. The molecule has 1 fully saturated rings. The first-order valence-corrected chi connectivity index (χ1v) is 5.54. The number of nitrogens with one attached hydrogen (secondary N) is 1. The summed E-state index contributed by atoms with van der Waals surface area (Å²) in [6.07, 6.45) is 3.95. The summed E-state index contributed by atoms with van der Waals surface area (Å²) in [6.45, 7) is 0. The van der Waals surface area contributed by atoms with E-state index in [0.29, 0.717) is 15.9 Å². The highest BCUT2D eigenvalue weighted by Gasteiger charge is 2.25. The van der Waals surface area contributed by atoms with Crippen LogP contribution >= 0.6 is 15.9 Å². The largest absolute Gasteiger partial charge is 0.488 e. The van der Waals surface area contributed by atoms with Gasteiger partial charge in [0.05, 0.1) is 17.9 Å². The van der Waals surface area contributed by atoms with Crippen LogP contribution in [0.2, 0.25) is 0 Å². The van der Waals surface area contributed by atoms with Gasteiger partial charge >= 0.3 is 0 Å². The first-order chi connectivity index (χ1) is 7.20. The molecule has 1 saturated carbocycles. The number of nitrogens with zero attached hydrogens (tertiary/aromatic N) is 1. The highest BCUT2D eigenvalue weighted by atomic mass is 79.9. The van der Waals surface area contributed by atoms with Gasteiger partial charge in [0, 0.05) is 7.05 Å². The maximum atomic E-state index is 11.5. The molecular weight excluding hydrogens is 260 g/mol. The lowest BCUT2D eigenvalue weighted by Gasteiger charge is -2.09. The number of aromatic nitrogens is 1. The number of hydrogen-bond donors (Lipinski definition) is 1. The highest BCUT2D eigenvalue weighted by molar-refractivity contribution is 9.10. The summed E-state index contributed by atoms with van der Waals surface area (Å²) in [5.41, 5.74) is 0.520. The smallest absolute Gasteiger partial charge is 0.254 e. The minimum Gasteiger partial charge on any atom is -0.488 e. The lowest BCUT2D eigenvalue weighted by atomic mass is 10.2. The molecule has 0 spiro atoms. The molecule has 0 bridgehead atoms. The van der Waals surface area contributed by atoms with Crippen molar-refractivity contribution in [1.82, 2.24) is 10.3 Å². The van der Waals surface area contributed by atoms with Gasteiger partial charge in [-0.3, -0.25) is 4.79 Å². The number of carbonyl (C=O) groups is 1. The van der Waals surface area contributed by atoms with Gasteiger partial charge in [0.15, 0.2) is 5.75 Å². The van der Waals surface area contributed by atoms with Crippen LogP contribution in [0.5, 0.6) is 5.75 Å². The Bertz CT molecular complexity index is 391. The summed E-state index contributed by atoms with van der Waals surface area (Å²) in [4.78, 5) is 15.6. The van der Waals surface area contributed by atoms with E-state index in [4.69, 9.17) is 4.74 Å². The summed E-state index contributed by atoms with van der Waals surface area (Å²) in [7, 11) is 1.59. The van der Waals surface area contributed by atoms with Crippen molar-refractivity contribution in [2.75, 3.05) is 7.05 Å². The Labute approximate surface area is 96.2 Å². The van der Waals surface area contributed by atoms with Crippen LogP contribution in [0.4, 0.5) is 0 Å². The molecule has 1 aliphatic rings. The first-order valence-electron chi connectivity index (χ1n) is 4.75. The number of pyridine rings is 1. The Morgan fingerprint density at radius 2 is 2.40 bits per heavy atom. The van der Waals surface area contributed by atoms with Crippen LogP contribution in [-0.4, -0.2) is 24.0 Å². The summed E-state index contributed by atoms with van der Waals surface area (Å²) in [5, 5.41) is 2.57. The van der Waals surface area contributed by atoms with E-state index in [-0.39, 0.29) is 12.0 Å². The topological polar surface area (TPSA) is 51.2 Å². The van der Waals surface area contributed by atoms with E-state index in [2.05, 4.69) is 26.2 Å². The van der Waals surface area contributed by atoms with E-state index in [1.807, 2.05) is 0 Å². The van der Waals surface area contributed by atoms with Gasteiger partial charge in [-0.25, -0.2) is 4.98 Å². The predicted molar refractivity (Wildman–Crippen MR) is 59.0 cm³/mol. The van der Waals surface area contributed by atoms with E-state index < -0.39 is 0 Å². The number of ether oxygens (including phenoxy) is 1. The monoisotopic (exact) mass is 270 g/mol. The van der Waals surface area contributed by atoms with Crippen LogP contribution in [0.15, 0.2) is 16.9 Å². The number of halogens is 1. The van der Waals surface area contributed by atoms with Gasteiger partial charge in [-0.15, -0.1) is 0 Å². The molecule has 0 unspecified atom stereocenters. The number of amides is 1. The first kappa shape index (κ1) is 10.4. The van der Waals surface area contributed by atoms with Crippen molar-refractivity contribution in [2.45, 2.75) is 18.9 Å². The van der Waals surface area contributed by atoms with Gasteiger partial charge in [0.25, 0.3) is 5.91 Å². The summed E-state index contributed by atoms with van der Waals surface area (Å²) in [6, 6.07) is 1.66. The Balaban J connectivity index is 2.29. The molecule has 1 heterocycles. The molecule has 1 amide bonds. The molecule has 4 nitrogen and oxygen atoms in total. The lowest BCUT2D eigenvalue weighted by molar-refractivity contribution is 0.0958. The minimum atomic E-state index is -0.159. The molecule has 1 aromatic heterocycles. The second-order valence-electron chi connectivity index (χ2n) is 3.40. The van der Waals surface area contributed by atoms with E-state index in [1.54, 1.807) is 19.3 Å². The van der Waals surface area contributed by atoms with Gasteiger partial charge in [0.1, 0.15) is 4.60 Å². The van der Waals surface area contributed by atoms with Crippen LogP contribution in [0.25, 0.3) is 0 Å². The fourth-order valence-corrected chi connectivity index (χ4v) is 1.52. The molecule has 2 rings (SSSR count). The molecule has 15 heavy (non-hydrogen) atoms. The maximum absolute atomic E-state index is 11.5. The lowest BCUT2D eigenvalue weighted by Crippen LogP contribution is -2.19. The zero-order valence-electron chi connectivity index (χ0n) is 8.29.